The average molecular weight is 640 g/mol. The Hall–Kier alpha value is -2.54. The summed E-state index contributed by atoms with van der Waals surface area (Å²) in [4.78, 5) is 27.4. The summed E-state index contributed by atoms with van der Waals surface area (Å²) in [6.07, 6.45) is 6.54. The molecule has 0 unspecified atom stereocenters. The molecule has 9 heteroatoms. The molecule has 1 aliphatic heterocycles. The van der Waals surface area contributed by atoms with Crippen molar-refractivity contribution >= 4 is 39.6 Å². The molecule has 0 saturated carbocycles. The predicted octanol–water partition coefficient (Wildman–Crippen LogP) is 3.09. The first-order chi connectivity index (χ1) is 18.0. The van der Waals surface area contributed by atoms with E-state index >= 15 is 0 Å². The van der Waals surface area contributed by atoms with Gasteiger partial charge in [0.15, 0.2) is 5.65 Å². The third kappa shape index (κ3) is 6.62. The zero-order valence-corrected chi connectivity index (χ0v) is 29.6. The average Bonchev–Trinajstić information content (AvgIpc) is 3.52. The largest absolute Gasteiger partial charge is 1.00 e. The van der Waals surface area contributed by atoms with Gasteiger partial charge in [0.2, 0.25) is 0 Å². The van der Waals surface area contributed by atoms with Crippen LogP contribution in [0.3, 0.4) is 0 Å². The van der Waals surface area contributed by atoms with Crippen molar-refractivity contribution in [3.8, 4) is 0 Å². The van der Waals surface area contributed by atoms with Crippen molar-refractivity contribution in [3.63, 3.8) is 0 Å². The van der Waals surface area contributed by atoms with Gasteiger partial charge in [-0.05, 0) is 78.9 Å². The SMILES string of the molecule is C=C1CCN(c2ccc3ncnc(Nc4ccc(Cc5ccn6ncnc6c5)c(C)c4)c3c2)C1=O.CC.[CH3-].[Cs+]. The Labute approximate surface area is 288 Å². The Bertz CT molecular complexity index is 1630. The van der Waals surface area contributed by atoms with E-state index in [9.17, 15) is 4.79 Å². The van der Waals surface area contributed by atoms with Crippen LogP contribution in [0.5, 0.6) is 0 Å². The molecule has 1 amide bonds. The van der Waals surface area contributed by atoms with E-state index < -0.39 is 0 Å². The smallest absolute Gasteiger partial charge is 0.358 e. The predicted molar refractivity (Wildman–Crippen MR) is 154 cm³/mol. The number of fused-ring (bicyclic) bond motifs is 2. The minimum Gasteiger partial charge on any atom is -0.358 e. The van der Waals surface area contributed by atoms with Gasteiger partial charge in [-0.15, -0.1) is 0 Å². The van der Waals surface area contributed by atoms with Gasteiger partial charge in [0.05, 0.1) is 5.52 Å². The molecule has 1 saturated heterocycles. The van der Waals surface area contributed by atoms with Crippen LogP contribution in [-0.4, -0.2) is 37.0 Å². The first kappa shape index (κ1) is 31.0. The number of rotatable bonds is 5. The third-order valence-corrected chi connectivity index (χ3v) is 6.46. The minimum atomic E-state index is -0.0231. The second-order valence-corrected chi connectivity index (χ2v) is 8.77. The number of carbonyl (C=O) groups is 1. The summed E-state index contributed by atoms with van der Waals surface area (Å²) in [6.45, 7) is 10.6. The molecule has 39 heavy (non-hydrogen) atoms. The molecule has 0 bridgehead atoms. The summed E-state index contributed by atoms with van der Waals surface area (Å²) in [7, 11) is 0. The molecule has 2 aromatic carbocycles. The maximum absolute atomic E-state index is 12.4. The van der Waals surface area contributed by atoms with Gasteiger partial charge in [-0.3, -0.25) is 4.79 Å². The zero-order valence-electron chi connectivity index (χ0n) is 23.3. The van der Waals surface area contributed by atoms with E-state index in [1.807, 2.05) is 38.2 Å². The number of aryl methyl sites for hydroxylation is 1. The number of carbonyl (C=O) groups excluding carboxylic acids is 1. The van der Waals surface area contributed by atoms with E-state index in [1.54, 1.807) is 22.1 Å². The standard InChI is InChI=1S/C27H23N7O.C2H6.CH3.Cs/c1-17-7-9-33(27(17)35)22-5-6-24-23(14-22)26(30-15-28-24)32-21-4-3-20(18(2)11-21)12-19-8-10-34-25(13-19)29-16-31-34;1-2;;/h3-6,8,10-11,13-16H,1,7,9,12H2,2H3,(H,28,30,32);1-2H3;1H3;/q;;-1;+1. The van der Waals surface area contributed by atoms with E-state index in [-0.39, 0.29) is 82.2 Å². The molecule has 0 radical (unpaired) electrons. The van der Waals surface area contributed by atoms with Gasteiger partial charge in [0.25, 0.3) is 5.91 Å². The summed E-state index contributed by atoms with van der Waals surface area (Å²) in [6, 6.07) is 16.3. The molecule has 0 atom stereocenters. The van der Waals surface area contributed by atoms with Crippen molar-refractivity contribution < 1.29 is 73.7 Å². The first-order valence-corrected chi connectivity index (χ1v) is 12.4. The molecule has 194 valence electrons. The molecule has 4 heterocycles. The Balaban J connectivity index is 0.00000103. The minimum absolute atomic E-state index is 0. The van der Waals surface area contributed by atoms with Crippen LogP contribution < -0.4 is 79.1 Å². The van der Waals surface area contributed by atoms with Crippen LogP contribution in [0.4, 0.5) is 17.2 Å². The van der Waals surface area contributed by atoms with E-state index in [0.29, 0.717) is 24.4 Å². The summed E-state index contributed by atoms with van der Waals surface area (Å²) in [5.74, 6) is 0.678. The topological polar surface area (TPSA) is 88.3 Å². The Kier molecular flexibility index (Phi) is 10.9. The van der Waals surface area contributed by atoms with Crippen molar-refractivity contribution in [3.05, 3.63) is 104 Å². The Morgan fingerprint density at radius 3 is 2.56 bits per heavy atom. The molecule has 0 aliphatic carbocycles. The number of benzene rings is 2. The number of anilines is 3. The summed E-state index contributed by atoms with van der Waals surface area (Å²) in [5.41, 5.74) is 7.67. The van der Waals surface area contributed by atoms with Crippen molar-refractivity contribution in [1.82, 2.24) is 24.6 Å². The van der Waals surface area contributed by atoms with Crippen LogP contribution in [0.15, 0.2) is 79.5 Å². The van der Waals surface area contributed by atoms with Gasteiger partial charge in [0, 0.05) is 35.1 Å². The van der Waals surface area contributed by atoms with Gasteiger partial charge >= 0.3 is 68.9 Å². The summed E-state index contributed by atoms with van der Waals surface area (Å²) in [5, 5.41) is 8.46. The van der Waals surface area contributed by atoms with Crippen LogP contribution in [0.2, 0.25) is 0 Å². The quantitative estimate of drug-likeness (QED) is 0.235. The van der Waals surface area contributed by atoms with Crippen molar-refractivity contribution in [2.45, 2.75) is 33.6 Å². The fourth-order valence-corrected chi connectivity index (χ4v) is 4.50. The second-order valence-electron chi connectivity index (χ2n) is 8.77. The molecule has 3 aromatic heterocycles. The Morgan fingerprint density at radius 2 is 1.82 bits per heavy atom. The fraction of sp³-hybridized carbons (Fsp3) is 0.200. The van der Waals surface area contributed by atoms with Gasteiger partial charge in [-0.25, -0.2) is 19.5 Å². The van der Waals surface area contributed by atoms with Crippen LogP contribution in [0.1, 0.15) is 37.0 Å². The molecule has 1 N–H and O–H groups in total. The number of nitrogens with one attached hydrogen (secondary N) is 1. The Morgan fingerprint density at radius 1 is 1.00 bits per heavy atom. The number of amides is 1. The van der Waals surface area contributed by atoms with E-state index in [0.717, 1.165) is 34.3 Å². The molecular formula is C30H32CsN7O. The van der Waals surface area contributed by atoms with E-state index in [4.69, 9.17) is 0 Å². The number of aromatic nitrogens is 5. The number of nitrogens with zero attached hydrogens (tertiary/aromatic N) is 6. The normalized spacial score (nSPS) is 12.5. The molecule has 8 nitrogen and oxygen atoms in total. The maximum Gasteiger partial charge on any atom is 1.00 e. The van der Waals surface area contributed by atoms with Crippen molar-refractivity contribution in [1.29, 1.82) is 0 Å². The third-order valence-electron chi connectivity index (χ3n) is 6.46. The number of pyridine rings is 1. The van der Waals surface area contributed by atoms with Crippen molar-refractivity contribution in [2.75, 3.05) is 16.8 Å². The summed E-state index contributed by atoms with van der Waals surface area (Å²) < 4.78 is 1.76. The van der Waals surface area contributed by atoms with Crippen LogP contribution in [0.25, 0.3) is 16.6 Å². The van der Waals surface area contributed by atoms with Crippen LogP contribution in [0, 0.1) is 14.4 Å². The van der Waals surface area contributed by atoms with Gasteiger partial charge in [-0.1, -0.05) is 26.5 Å². The molecule has 6 rings (SSSR count). The van der Waals surface area contributed by atoms with Crippen molar-refractivity contribution in [2.24, 2.45) is 0 Å². The monoisotopic (exact) mass is 639 g/mol. The maximum atomic E-state index is 12.4. The van der Waals surface area contributed by atoms with E-state index in [2.05, 4.69) is 69.2 Å². The molecule has 1 fully saturated rings. The molecule has 1 aliphatic rings. The molecule has 5 aromatic rings. The van der Waals surface area contributed by atoms with Gasteiger partial charge in [-0.2, -0.15) is 5.10 Å². The molecular weight excluding hydrogens is 607 g/mol. The van der Waals surface area contributed by atoms with Gasteiger partial charge < -0.3 is 17.6 Å². The second kappa shape index (κ2) is 13.7. The zero-order chi connectivity index (χ0) is 25.9. The first-order valence-electron chi connectivity index (χ1n) is 12.4. The van der Waals surface area contributed by atoms with Gasteiger partial charge in [0.1, 0.15) is 18.5 Å². The van der Waals surface area contributed by atoms with Crippen LogP contribution >= 0.6 is 0 Å². The van der Waals surface area contributed by atoms with E-state index in [1.165, 1.54) is 16.7 Å². The fourth-order valence-electron chi connectivity index (χ4n) is 4.50. The molecule has 0 spiro atoms. The van der Waals surface area contributed by atoms with Crippen LogP contribution in [-0.2, 0) is 11.2 Å². The summed E-state index contributed by atoms with van der Waals surface area (Å²) >= 11 is 0. The number of hydrogen-bond donors (Lipinski definition) is 1. The number of hydrogen-bond acceptors (Lipinski definition) is 6.